The number of nitrogens with zero attached hydrogens (tertiary/aromatic N) is 3. The fourth-order valence-electron chi connectivity index (χ4n) is 3.56. The van der Waals surface area contributed by atoms with Gasteiger partial charge in [0.25, 0.3) is 0 Å². The van der Waals surface area contributed by atoms with Crippen molar-refractivity contribution in [3.05, 3.63) is 62.7 Å². The van der Waals surface area contributed by atoms with Gasteiger partial charge in [-0.2, -0.15) is 4.98 Å². The molecule has 0 saturated heterocycles. The van der Waals surface area contributed by atoms with Crippen LogP contribution in [0.15, 0.2) is 52.1 Å². The molecule has 166 valence electrons. The van der Waals surface area contributed by atoms with Crippen molar-refractivity contribution in [2.45, 2.75) is 19.9 Å². The number of phenolic OH excluding ortho intramolecular Hbond substituents is 1. The molecular weight excluding hydrogens is 500 g/mol. The van der Waals surface area contributed by atoms with Crippen molar-refractivity contribution >= 4 is 39.4 Å². The van der Waals surface area contributed by atoms with E-state index in [-0.39, 0.29) is 18.1 Å². The molecule has 4 rings (SSSR count). The van der Waals surface area contributed by atoms with Gasteiger partial charge in [0.1, 0.15) is 6.04 Å². The number of aromatic hydroxyl groups is 1. The molecule has 2 N–H and O–H groups in total. The number of ether oxygens (including phenoxy) is 2. The fraction of sp³-hybridized carbons (Fsp3) is 0.227. The SMILES string of the molecule is CCOC(=O)C1=C(C)Nc2nc(-c3ccc(Cl)cc3)nn2C1c1cc(Br)c(O)c(OC)c1. The van der Waals surface area contributed by atoms with Crippen molar-refractivity contribution in [1.82, 2.24) is 14.8 Å². The third kappa shape index (κ3) is 3.93. The second-order valence-electron chi connectivity index (χ2n) is 7.05. The molecule has 0 fully saturated rings. The number of halogens is 2. The molecule has 0 amide bonds. The molecule has 8 nitrogen and oxygen atoms in total. The molecule has 10 heteroatoms. The summed E-state index contributed by atoms with van der Waals surface area (Å²) < 4.78 is 12.7. The molecule has 32 heavy (non-hydrogen) atoms. The third-order valence-electron chi connectivity index (χ3n) is 5.04. The molecule has 0 aliphatic carbocycles. The summed E-state index contributed by atoms with van der Waals surface area (Å²) in [5, 5.41) is 18.7. The fourth-order valence-corrected chi connectivity index (χ4v) is 4.15. The lowest BCUT2D eigenvalue weighted by Crippen LogP contribution is -2.29. The number of esters is 1. The van der Waals surface area contributed by atoms with Crippen LogP contribution < -0.4 is 10.1 Å². The minimum Gasteiger partial charge on any atom is -0.503 e. The molecule has 1 aliphatic rings. The van der Waals surface area contributed by atoms with E-state index in [0.29, 0.717) is 38.1 Å². The Morgan fingerprint density at radius 3 is 2.69 bits per heavy atom. The lowest BCUT2D eigenvalue weighted by atomic mass is 9.95. The molecule has 0 radical (unpaired) electrons. The first-order valence-electron chi connectivity index (χ1n) is 9.77. The number of benzene rings is 2. The van der Waals surface area contributed by atoms with E-state index in [4.69, 9.17) is 21.1 Å². The first-order chi connectivity index (χ1) is 15.3. The van der Waals surface area contributed by atoms with Crippen molar-refractivity contribution < 1.29 is 19.4 Å². The Hall–Kier alpha value is -3.04. The molecule has 1 aromatic heterocycles. The number of fused-ring (bicyclic) bond motifs is 1. The summed E-state index contributed by atoms with van der Waals surface area (Å²) in [4.78, 5) is 17.6. The summed E-state index contributed by atoms with van der Waals surface area (Å²) in [7, 11) is 1.46. The smallest absolute Gasteiger partial charge is 0.338 e. The van der Waals surface area contributed by atoms with Gasteiger partial charge in [-0.05, 0) is 71.7 Å². The first-order valence-corrected chi connectivity index (χ1v) is 10.9. The van der Waals surface area contributed by atoms with Gasteiger partial charge in [-0.3, -0.25) is 0 Å². The molecule has 1 aliphatic heterocycles. The Labute approximate surface area is 198 Å². The number of allylic oxidation sites excluding steroid dienone is 1. The molecule has 1 atom stereocenters. The molecular formula is C22H20BrClN4O4. The first kappa shape index (κ1) is 22.2. The van der Waals surface area contributed by atoms with E-state index >= 15 is 0 Å². The topological polar surface area (TPSA) is 98.5 Å². The van der Waals surface area contributed by atoms with Crippen molar-refractivity contribution in [2.24, 2.45) is 0 Å². The number of hydrogen-bond donors (Lipinski definition) is 2. The number of methoxy groups -OCH3 is 1. The van der Waals surface area contributed by atoms with Crippen molar-refractivity contribution in [3.63, 3.8) is 0 Å². The largest absolute Gasteiger partial charge is 0.503 e. The van der Waals surface area contributed by atoms with Crippen LogP contribution in [-0.2, 0) is 9.53 Å². The van der Waals surface area contributed by atoms with E-state index in [1.807, 2.05) is 12.1 Å². The number of rotatable bonds is 5. The van der Waals surface area contributed by atoms with E-state index in [1.54, 1.807) is 42.8 Å². The van der Waals surface area contributed by atoms with Crippen LogP contribution >= 0.6 is 27.5 Å². The predicted octanol–water partition coefficient (Wildman–Crippen LogP) is 4.93. The number of carbonyl (C=O) groups is 1. The average molecular weight is 520 g/mol. The lowest BCUT2D eigenvalue weighted by Gasteiger charge is -2.28. The maximum Gasteiger partial charge on any atom is 0.338 e. The maximum absolute atomic E-state index is 12.9. The number of anilines is 1. The average Bonchev–Trinajstić information content (AvgIpc) is 3.18. The summed E-state index contributed by atoms with van der Waals surface area (Å²) in [5.74, 6) is 0.683. The van der Waals surface area contributed by atoms with Gasteiger partial charge in [-0.15, -0.1) is 5.10 Å². The maximum atomic E-state index is 12.9. The van der Waals surface area contributed by atoms with Gasteiger partial charge in [0.05, 0.1) is 23.8 Å². The Kier molecular flexibility index (Phi) is 6.12. The Morgan fingerprint density at radius 2 is 2.03 bits per heavy atom. The molecule has 3 aromatic rings. The minimum atomic E-state index is -0.662. The van der Waals surface area contributed by atoms with E-state index in [1.165, 1.54) is 7.11 Å². The highest BCUT2D eigenvalue weighted by Gasteiger charge is 2.36. The number of hydrogen-bond acceptors (Lipinski definition) is 7. The summed E-state index contributed by atoms with van der Waals surface area (Å²) in [6.07, 6.45) is 0. The molecule has 2 heterocycles. The van der Waals surface area contributed by atoms with Crippen LogP contribution in [0.2, 0.25) is 5.02 Å². The van der Waals surface area contributed by atoms with E-state index in [2.05, 4.69) is 31.3 Å². The lowest BCUT2D eigenvalue weighted by molar-refractivity contribution is -0.139. The highest BCUT2D eigenvalue weighted by Crippen LogP contribution is 2.42. The van der Waals surface area contributed by atoms with Gasteiger partial charge in [-0.1, -0.05) is 11.6 Å². The summed E-state index contributed by atoms with van der Waals surface area (Å²) in [5.41, 5.74) is 2.41. The van der Waals surface area contributed by atoms with Gasteiger partial charge in [0.15, 0.2) is 17.3 Å². The molecule has 0 spiro atoms. The van der Waals surface area contributed by atoms with Crippen LogP contribution in [0, 0.1) is 0 Å². The van der Waals surface area contributed by atoms with Crippen LogP contribution in [0.25, 0.3) is 11.4 Å². The molecule has 2 aromatic carbocycles. The zero-order chi connectivity index (χ0) is 23.0. The van der Waals surface area contributed by atoms with Gasteiger partial charge >= 0.3 is 5.97 Å². The van der Waals surface area contributed by atoms with Crippen LogP contribution in [0.4, 0.5) is 5.95 Å². The number of nitrogens with one attached hydrogen (secondary N) is 1. The predicted molar refractivity (Wildman–Crippen MR) is 124 cm³/mol. The third-order valence-corrected chi connectivity index (χ3v) is 5.89. The van der Waals surface area contributed by atoms with E-state index < -0.39 is 12.0 Å². The van der Waals surface area contributed by atoms with Crippen molar-refractivity contribution in [1.29, 1.82) is 0 Å². The second kappa shape index (κ2) is 8.84. The zero-order valence-electron chi connectivity index (χ0n) is 17.5. The summed E-state index contributed by atoms with van der Waals surface area (Å²) in [6.45, 7) is 3.76. The van der Waals surface area contributed by atoms with Gasteiger partial charge in [0, 0.05) is 16.3 Å². The monoisotopic (exact) mass is 518 g/mol. The quantitative estimate of drug-likeness (QED) is 0.461. The van der Waals surface area contributed by atoms with Crippen LogP contribution in [0.1, 0.15) is 25.5 Å². The Balaban J connectivity index is 1.91. The molecule has 1 unspecified atom stereocenters. The second-order valence-corrected chi connectivity index (χ2v) is 8.34. The van der Waals surface area contributed by atoms with Crippen molar-refractivity contribution in [2.75, 3.05) is 19.0 Å². The van der Waals surface area contributed by atoms with Crippen LogP contribution in [-0.4, -0.2) is 39.6 Å². The van der Waals surface area contributed by atoms with Gasteiger partial charge in [-0.25, -0.2) is 9.48 Å². The standard InChI is InChI=1S/C22H20BrClN4O4/c1-4-32-21(30)17-11(2)25-22-26-20(12-5-7-14(24)8-6-12)27-28(22)18(17)13-9-15(23)19(29)16(10-13)31-3/h5-10,18,29H,4H2,1-3H3,(H,25,26,27). The Bertz CT molecular complexity index is 1220. The van der Waals surface area contributed by atoms with E-state index in [9.17, 15) is 9.90 Å². The molecule has 0 saturated carbocycles. The van der Waals surface area contributed by atoms with Gasteiger partial charge < -0.3 is 19.9 Å². The number of carbonyl (C=O) groups excluding carboxylic acids is 1. The normalized spacial score (nSPS) is 15.2. The van der Waals surface area contributed by atoms with Crippen LogP contribution in [0.5, 0.6) is 11.5 Å². The van der Waals surface area contributed by atoms with Crippen LogP contribution in [0.3, 0.4) is 0 Å². The highest BCUT2D eigenvalue weighted by atomic mass is 79.9. The Morgan fingerprint density at radius 1 is 1.31 bits per heavy atom. The van der Waals surface area contributed by atoms with E-state index in [0.717, 1.165) is 5.56 Å². The zero-order valence-corrected chi connectivity index (χ0v) is 19.9. The van der Waals surface area contributed by atoms with Gasteiger partial charge in [0.2, 0.25) is 5.95 Å². The number of phenols is 1. The summed E-state index contributed by atoms with van der Waals surface area (Å²) in [6, 6.07) is 9.89. The minimum absolute atomic E-state index is 0.0377. The summed E-state index contributed by atoms with van der Waals surface area (Å²) >= 11 is 9.37. The number of aromatic nitrogens is 3. The highest BCUT2D eigenvalue weighted by molar-refractivity contribution is 9.10. The molecule has 0 bridgehead atoms. The van der Waals surface area contributed by atoms with Crippen molar-refractivity contribution in [3.8, 4) is 22.9 Å².